The van der Waals surface area contributed by atoms with Gasteiger partial charge < -0.3 is 24.6 Å². The lowest BCUT2D eigenvalue weighted by molar-refractivity contribution is -0.113. The van der Waals surface area contributed by atoms with E-state index >= 15 is 0 Å². The molecule has 3 N–H and O–H groups in total. The predicted molar refractivity (Wildman–Crippen MR) is 108 cm³/mol. The minimum absolute atomic E-state index is 0.0145. The Hall–Kier alpha value is -3.52. The molecule has 31 heavy (non-hydrogen) atoms. The van der Waals surface area contributed by atoms with Crippen molar-refractivity contribution < 1.29 is 37.3 Å². The molecular formula is C17H17BN4O8S. The molecule has 4 rings (SSSR count). The molecule has 1 aromatic heterocycles. The van der Waals surface area contributed by atoms with Crippen LogP contribution in [0.2, 0.25) is 0 Å². The van der Waals surface area contributed by atoms with E-state index < -0.39 is 40.6 Å². The number of aliphatic hydroxyl groups is 1. The first-order valence-electron chi connectivity index (χ1n) is 9.08. The van der Waals surface area contributed by atoms with Gasteiger partial charge in [-0.2, -0.15) is 0 Å². The number of aliphatic hydroxyl groups excluding tert-OH is 1. The van der Waals surface area contributed by atoms with Crippen molar-refractivity contribution in [3.8, 4) is 0 Å². The number of nitrogens with one attached hydrogen (secondary N) is 1. The maximum atomic E-state index is 13.1. The highest BCUT2D eigenvalue weighted by atomic mass is 32.2. The summed E-state index contributed by atoms with van der Waals surface area (Å²) in [5, 5.41) is 27.3. The van der Waals surface area contributed by atoms with Gasteiger partial charge in [0.2, 0.25) is 0 Å². The van der Waals surface area contributed by atoms with Crippen LogP contribution in [-0.2, 0) is 19.5 Å². The number of nitrogens with zero attached hydrogens (tertiary/aromatic N) is 3. The summed E-state index contributed by atoms with van der Waals surface area (Å²) < 4.78 is 36.6. The lowest BCUT2D eigenvalue weighted by atomic mass is 9.73. The van der Waals surface area contributed by atoms with Gasteiger partial charge >= 0.3 is 13.2 Å². The lowest BCUT2D eigenvalue weighted by Crippen LogP contribution is -2.53. The summed E-state index contributed by atoms with van der Waals surface area (Å²) in [4.78, 5) is 25.7. The summed E-state index contributed by atoms with van der Waals surface area (Å²) >= 11 is 0. The summed E-state index contributed by atoms with van der Waals surface area (Å²) in [6.45, 7) is 3.41. The molecule has 0 spiro atoms. The van der Waals surface area contributed by atoms with Crippen molar-refractivity contribution in [2.45, 2.75) is 18.7 Å². The van der Waals surface area contributed by atoms with E-state index in [4.69, 9.17) is 9.18 Å². The first-order valence-corrected chi connectivity index (χ1v) is 10.5. The van der Waals surface area contributed by atoms with Gasteiger partial charge in [-0.3, -0.25) is 14.0 Å². The fourth-order valence-electron chi connectivity index (χ4n) is 3.54. The van der Waals surface area contributed by atoms with Gasteiger partial charge in [0.15, 0.2) is 17.3 Å². The molecule has 2 aliphatic heterocycles. The Kier molecular flexibility index (Phi) is 4.70. The molecule has 3 heterocycles. The summed E-state index contributed by atoms with van der Waals surface area (Å²) in [5.41, 5.74) is -0.914. The van der Waals surface area contributed by atoms with E-state index in [9.17, 15) is 28.1 Å². The predicted octanol–water partition coefficient (Wildman–Crippen LogP) is 0.146. The van der Waals surface area contributed by atoms with Gasteiger partial charge in [0.05, 0.1) is 4.90 Å². The van der Waals surface area contributed by atoms with Crippen LogP contribution in [0.4, 0.5) is 16.3 Å². The van der Waals surface area contributed by atoms with Gasteiger partial charge in [0.25, 0.3) is 15.9 Å². The molecule has 0 unspecified atom stereocenters. The molecule has 0 radical (unpaired) electrons. The number of carbonyl (C=O) groups is 2. The third kappa shape index (κ3) is 3.02. The van der Waals surface area contributed by atoms with Crippen molar-refractivity contribution in [1.29, 1.82) is 0 Å². The second kappa shape index (κ2) is 7.02. The molecule has 1 aromatic carbocycles. The Bertz CT molecular complexity index is 1250. The van der Waals surface area contributed by atoms with Gasteiger partial charge in [-0.15, -0.1) is 0 Å². The number of anilines is 2. The zero-order valence-corrected chi connectivity index (χ0v) is 17.4. The van der Waals surface area contributed by atoms with Crippen LogP contribution < -0.4 is 15.7 Å². The smallest absolute Gasteiger partial charge is 0.505 e. The van der Waals surface area contributed by atoms with Crippen LogP contribution in [-0.4, -0.2) is 60.7 Å². The maximum absolute atomic E-state index is 13.1. The van der Waals surface area contributed by atoms with Gasteiger partial charge in [0, 0.05) is 36.4 Å². The van der Waals surface area contributed by atoms with E-state index in [0.717, 1.165) is 7.05 Å². The van der Waals surface area contributed by atoms with Crippen molar-refractivity contribution in [1.82, 2.24) is 9.46 Å². The highest BCUT2D eigenvalue weighted by Gasteiger charge is 2.46. The van der Waals surface area contributed by atoms with Crippen LogP contribution in [0.5, 0.6) is 0 Å². The zero-order chi connectivity index (χ0) is 22.7. The average molecular weight is 448 g/mol. The van der Waals surface area contributed by atoms with Crippen LogP contribution >= 0.6 is 0 Å². The second-order valence-corrected chi connectivity index (χ2v) is 8.74. The standard InChI is InChI=1S/C17H17BN4O8S/c1-4-22-9-5-6-10-12(13(9)18(26)29-17(22)25)15(23)14(21(3)31(10,27)28)16(24)19-11-7-8(2)30-20-11/h5-7,23,26H,4H2,1-3H3,(H,19,20,24). The number of aromatic nitrogens is 1. The lowest BCUT2D eigenvalue weighted by Gasteiger charge is -2.34. The summed E-state index contributed by atoms with van der Waals surface area (Å²) in [5.74, 6) is -1.27. The Labute approximate surface area is 176 Å². The summed E-state index contributed by atoms with van der Waals surface area (Å²) in [6.07, 6.45) is -0.832. The van der Waals surface area contributed by atoms with Crippen molar-refractivity contribution in [2.24, 2.45) is 0 Å². The van der Waals surface area contributed by atoms with Gasteiger partial charge in [-0.25, -0.2) is 13.2 Å². The van der Waals surface area contributed by atoms with Crippen LogP contribution in [0.1, 0.15) is 18.2 Å². The number of rotatable bonds is 3. The fraction of sp³-hybridized carbons (Fsp3) is 0.235. The quantitative estimate of drug-likeness (QED) is 0.555. The number of amides is 2. The molecule has 0 saturated heterocycles. The molecule has 14 heteroatoms. The topological polar surface area (TPSA) is 163 Å². The van der Waals surface area contributed by atoms with Crippen LogP contribution in [0.25, 0.3) is 5.76 Å². The molecule has 2 aliphatic rings. The van der Waals surface area contributed by atoms with Crippen molar-refractivity contribution in [3.05, 3.63) is 35.2 Å². The van der Waals surface area contributed by atoms with Crippen molar-refractivity contribution in [3.63, 3.8) is 0 Å². The molecule has 0 saturated carbocycles. The van der Waals surface area contributed by atoms with Crippen LogP contribution in [0.15, 0.2) is 33.3 Å². The minimum Gasteiger partial charge on any atom is -0.505 e. The SMILES string of the molecule is CCN1C(=O)OB(O)c2c1ccc1c2C(O)=C(C(=O)Nc2cc(C)on2)N(C)S1(=O)=O. The number of likely N-dealkylation sites (N-methyl/N-ethyl adjacent to an activating group) is 1. The monoisotopic (exact) mass is 448 g/mol. The number of fused-ring (bicyclic) bond motifs is 3. The van der Waals surface area contributed by atoms with E-state index in [0.29, 0.717) is 10.1 Å². The van der Waals surface area contributed by atoms with Gasteiger partial charge in [0.1, 0.15) is 5.76 Å². The number of benzene rings is 1. The van der Waals surface area contributed by atoms with E-state index in [1.165, 1.54) is 23.1 Å². The van der Waals surface area contributed by atoms with Crippen LogP contribution in [0.3, 0.4) is 0 Å². The number of carbonyl (C=O) groups excluding carboxylic acids is 2. The van der Waals surface area contributed by atoms with Crippen molar-refractivity contribution in [2.75, 3.05) is 23.8 Å². The normalized spacial score (nSPS) is 17.3. The fourth-order valence-corrected chi connectivity index (χ4v) is 4.94. The van der Waals surface area contributed by atoms with Crippen molar-refractivity contribution >= 4 is 51.9 Å². The third-order valence-corrected chi connectivity index (χ3v) is 6.77. The Morgan fingerprint density at radius 1 is 1.35 bits per heavy atom. The van der Waals surface area contributed by atoms with E-state index in [-0.39, 0.29) is 34.0 Å². The number of hydrogen-bond donors (Lipinski definition) is 3. The highest BCUT2D eigenvalue weighted by Crippen LogP contribution is 2.37. The number of aryl methyl sites for hydroxylation is 1. The third-order valence-electron chi connectivity index (χ3n) is 4.97. The summed E-state index contributed by atoms with van der Waals surface area (Å²) in [7, 11) is -5.03. The molecule has 0 atom stereocenters. The zero-order valence-electron chi connectivity index (χ0n) is 16.6. The van der Waals surface area contributed by atoms with Gasteiger partial charge in [-0.05, 0) is 26.0 Å². The van der Waals surface area contributed by atoms with E-state index in [1.54, 1.807) is 13.8 Å². The molecule has 12 nitrogen and oxygen atoms in total. The Morgan fingerprint density at radius 2 is 2.06 bits per heavy atom. The molecule has 2 aromatic rings. The number of sulfonamides is 1. The Morgan fingerprint density at radius 3 is 2.68 bits per heavy atom. The second-order valence-electron chi connectivity index (χ2n) is 6.80. The largest absolute Gasteiger partial charge is 0.566 e. The first-order chi connectivity index (χ1) is 14.6. The maximum Gasteiger partial charge on any atom is 0.566 e. The van der Waals surface area contributed by atoms with E-state index in [2.05, 4.69) is 10.5 Å². The van der Waals surface area contributed by atoms with E-state index in [1.807, 2.05) is 0 Å². The van der Waals surface area contributed by atoms with Crippen LogP contribution in [0, 0.1) is 6.92 Å². The molecule has 0 fully saturated rings. The van der Waals surface area contributed by atoms with Gasteiger partial charge in [-0.1, -0.05) is 5.16 Å². The molecule has 0 bridgehead atoms. The molecule has 0 aliphatic carbocycles. The first kappa shape index (κ1) is 20.7. The minimum atomic E-state index is -4.29. The summed E-state index contributed by atoms with van der Waals surface area (Å²) in [6, 6.07) is 3.94. The molecule has 2 amide bonds. The molecular weight excluding hydrogens is 431 g/mol. The number of hydrogen-bond acceptors (Lipinski definition) is 9. The molecule has 162 valence electrons. The highest BCUT2D eigenvalue weighted by molar-refractivity contribution is 7.89. The average Bonchev–Trinajstić information content (AvgIpc) is 3.10. The Balaban J connectivity index is 1.94.